The highest BCUT2D eigenvalue weighted by atomic mass is 32.2. The molecule has 3 aromatic rings. The summed E-state index contributed by atoms with van der Waals surface area (Å²) in [5, 5.41) is 0. The average molecular weight is 431 g/mol. The van der Waals surface area contributed by atoms with Crippen molar-refractivity contribution >= 4 is 19.9 Å². The maximum atomic E-state index is 13.0. The molecule has 8 heteroatoms. The Bertz CT molecular complexity index is 1190. The summed E-state index contributed by atoms with van der Waals surface area (Å²) in [4.78, 5) is 3.94. The third-order valence-electron chi connectivity index (χ3n) is 4.48. The van der Waals surface area contributed by atoms with E-state index < -0.39 is 19.9 Å². The van der Waals surface area contributed by atoms with Gasteiger partial charge in [0.1, 0.15) is 0 Å². The van der Waals surface area contributed by atoms with Crippen LogP contribution in [-0.2, 0) is 26.4 Å². The largest absolute Gasteiger partial charge is 0.265 e. The SMILES string of the molecule is CC(C)c1ccc(S(=O)(=O)c2ccccc2)cc1S(=O)(=O)NCc1ccncc1. The molecular formula is C21H22N2O4S2. The van der Waals surface area contributed by atoms with Crippen molar-refractivity contribution in [3.8, 4) is 0 Å². The number of hydrogen-bond donors (Lipinski definition) is 1. The lowest BCUT2D eigenvalue weighted by molar-refractivity contribution is 0.578. The lowest BCUT2D eigenvalue weighted by Crippen LogP contribution is -2.25. The molecule has 0 aliphatic heterocycles. The van der Waals surface area contributed by atoms with E-state index in [1.54, 1.807) is 48.8 Å². The maximum Gasteiger partial charge on any atom is 0.241 e. The van der Waals surface area contributed by atoms with Crippen LogP contribution in [0.5, 0.6) is 0 Å². The average Bonchev–Trinajstić information content (AvgIpc) is 2.73. The highest BCUT2D eigenvalue weighted by Gasteiger charge is 2.25. The number of sulfonamides is 1. The Labute approximate surface area is 171 Å². The second-order valence-electron chi connectivity index (χ2n) is 6.85. The van der Waals surface area contributed by atoms with Gasteiger partial charge in [-0.3, -0.25) is 4.98 Å². The van der Waals surface area contributed by atoms with Crippen molar-refractivity contribution in [1.82, 2.24) is 9.71 Å². The first-order valence-electron chi connectivity index (χ1n) is 9.04. The van der Waals surface area contributed by atoms with Crippen molar-refractivity contribution in [3.63, 3.8) is 0 Å². The quantitative estimate of drug-likeness (QED) is 0.619. The normalized spacial score (nSPS) is 12.2. The highest BCUT2D eigenvalue weighted by Crippen LogP contribution is 2.29. The first-order chi connectivity index (χ1) is 13.7. The number of nitrogens with zero attached hydrogens (tertiary/aromatic N) is 1. The summed E-state index contributed by atoms with van der Waals surface area (Å²) in [5.41, 5.74) is 1.31. The number of rotatable bonds is 7. The summed E-state index contributed by atoms with van der Waals surface area (Å²) < 4.78 is 54.5. The van der Waals surface area contributed by atoms with E-state index in [1.165, 1.54) is 24.3 Å². The van der Waals surface area contributed by atoms with Crippen LogP contribution in [0, 0.1) is 0 Å². The van der Waals surface area contributed by atoms with Gasteiger partial charge in [-0.2, -0.15) is 0 Å². The first kappa shape index (κ1) is 21.2. The zero-order chi connectivity index (χ0) is 21.1. The number of hydrogen-bond acceptors (Lipinski definition) is 5. The van der Waals surface area contributed by atoms with E-state index in [9.17, 15) is 16.8 Å². The number of sulfone groups is 1. The van der Waals surface area contributed by atoms with Gasteiger partial charge in [-0.1, -0.05) is 38.1 Å². The zero-order valence-electron chi connectivity index (χ0n) is 16.1. The maximum absolute atomic E-state index is 13.0. The molecule has 0 aliphatic carbocycles. The summed E-state index contributed by atoms with van der Waals surface area (Å²) in [5.74, 6) is -0.101. The molecule has 0 saturated carbocycles. The van der Waals surface area contributed by atoms with Crippen molar-refractivity contribution in [2.45, 2.75) is 41.0 Å². The molecule has 2 aromatic carbocycles. The minimum absolute atomic E-state index is 0.0291. The molecule has 29 heavy (non-hydrogen) atoms. The summed E-state index contributed by atoms with van der Waals surface area (Å²) in [6.45, 7) is 3.81. The lowest BCUT2D eigenvalue weighted by atomic mass is 10.0. The molecule has 1 heterocycles. The van der Waals surface area contributed by atoms with E-state index in [2.05, 4.69) is 9.71 Å². The van der Waals surface area contributed by atoms with Crippen molar-refractivity contribution in [2.75, 3.05) is 0 Å². The van der Waals surface area contributed by atoms with Crippen LogP contribution in [0.3, 0.4) is 0 Å². The fraction of sp³-hybridized carbons (Fsp3) is 0.190. The zero-order valence-corrected chi connectivity index (χ0v) is 17.7. The molecule has 0 bridgehead atoms. The van der Waals surface area contributed by atoms with Crippen LogP contribution in [-0.4, -0.2) is 21.8 Å². The monoisotopic (exact) mass is 430 g/mol. The number of pyridine rings is 1. The van der Waals surface area contributed by atoms with Crippen LogP contribution in [0.25, 0.3) is 0 Å². The van der Waals surface area contributed by atoms with Crippen LogP contribution in [0.4, 0.5) is 0 Å². The van der Waals surface area contributed by atoms with Crippen LogP contribution in [0.2, 0.25) is 0 Å². The third-order valence-corrected chi connectivity index (χ3v) is 7.70. The van der Waals surface area contributed by atoms with Crippen molar-refractivity contribution in [1.29, 1.82) is 0 Å². The van der Waals surface area contributed by atoms with Crippen molar-refractivity contribution in [3.05, 3.63) is 84.2 Å². The summed E-state index contributed by atoms with van der Waals surface area (Å²) in [6.07, 6.45) is 3.16. The molecular weight excluding hydrogens is 408 g/mol. The number of benzene rings is 2. The minimum Gasteiger partial charge on any atom is -0.265 e. The van der Waals surface area contributed by atoms with Gasteiger partial charge in [-0.15, -0.1) is 0 Å². The Balaban J connectivity index is 2.03. The van der Waals surface area contributed by atoms with Crippen LogP contribution in [0.1, 0.15) is 30.9 Å². The number of aromatic nitrogens is 1. The smallest absolute Gasteiger partial charge is 0.241 e. The van der Waals surface area contributed by atoms with E-state index in [0.717, 1.165) is 5.56 Å². The Kier molecular flexibility index (Phi) is 6.16. The van der Waals surface area contributed by atoms with Gasteiger partial charge >= 0.3 is 0 Å². The molecule has 0 radical (unpaired) electrons. The molecule has 0 aliphatic rings. The van der Waals surface area contributed by atoms with Gasteiger partial charge in [0, 0.05) is 18.9 Å². The minimum atomic E-state index is -3.93. The summed E-state index contributed by atoms with van der Waals surface area (Å²) in [7, 11) is -7.77. The third kappa shape index (κ3) is 4.72. The molecule has 1 N–H and O–H groups in total. The Morgan fingerprint density at radius 3 is 2.14 bits per heavy atom. The Morgan fingerprint density at radius 1 is 0.862 bits per heavy atom. The summed E-state index contributed by atoms with van der Waals surface area (Å²) >= 11 is 0. The van der Waals surface area contributed by atoms with Crippen LogP contribution >= 0.6 is 0 Å². The lowest BCUT2D eigenvalue weighted by Gasteiger charge is -2.16. The van der Waals surface area contributed by atoms with Crippen molar-refractivity contribution < 1.29 is 16.8 Å². The van der Waals surface area contributed by atoms with Gasteiger partial charge < -0.3 is 0 Å². The molecule has 0 saturated heterocycles. The van der Waals surface area contributed by atoms with Gasteiger partial charge in [-0.05, 0) is 53.4 Å². The molecule has 0 atom stereocenters. The molecule has 1 aromatic heterocycles. The second kappa shape index (κ2) is 8.44. The van der Waals surface area contributed by atoms with E-state index in [-0.39, 0.29) is 27.1 Å². The van der Waals surface area contributed by atoms with Crippen LogP contribution in [0.15, 0.2) is 87.7 Å². The standard InChI is InChI=1S/C21H22N2O4S2/c1-16(2)20-9-8-19(28(24,25)18-6-4-3-5-7-18)14-21(20)29(26,27)23-15-17-10-12-22-13-11-17/h3-14,16,23H,15H2,1-2H3. The summed E-state index contributed by atoms with van der Waals surface area (Å²) in [6, 6.07) is 15.6. The van der Waals surface area contributed by atoms with Gasteiger partial charge in [0.15, 0.2) is 0 Å². The van der Waals surface area contributed by atoms with Crippen molar-refractivity contribution in [2.24, 2.45) is 0 Å². The Hall–Kier alpha value is -2.55. The fourth-order valence-electron chi connectivity index (χ4n) is 2.88. The van der Waals surface area contributed by atoms with Gasteiger partial charge in [0.05, 0.1) is 14.7 Å². The predicted octanol–water partition coefficient (Wildman–Crippen LogP) is 3.52. The molecule has 0 unspecified atom stereocenters. The van der Waals surface area contributed by atoms with Gasteiger partial charge in [-0.25, -0.2) is 21.6 Å². The molecule has 6 nitrogen and oxygen atoms in total. The fourth-order valence-corrected chi connectivity index (χ4v) is 5.67. The highest BCUT2D eigenvalue weighted by molar-refractivity contribution is 7.91. The first-order valence-corrected chi connectivity index (χ1v) is 12.0. The van der Waals surface area contributed by atoms with Gasteiger partial charge in [0.25, 0.3) is 0 Å². The second-order valence-corrected chi connectivity index (χ2v) is 10.5. The molecule has 3 rings (SSSR count). The van der Waals surface area contributed by atoms with Crippen LogP contribution < -0.4 is 4.72 Å². The van der Waals surface area contributed by atoms with E-state index >= 15 is 0 Å². The van der Waals surface area contributed by atoms with E-state index in [0.29, 0.717) is 5.56 Å². The molecule has 152 valence electrons. The van der Waals surface area contributed by atoms with E-state index in [4.69, 9.17) is 0 Å². The van der Waals surface area contributed by atoms with Gasteiger partial charge in [0.2, 0.25) is 19.9 Å². The number of nitrogens with one attached hydrogen (secondary N) is 1. The van der Waals surface area contributed by atoms with E-state index in [1.807, 2.05) is 13.8 Å². The molecule has 0 spiro atoms. The molecule has 0 fully saturated rings. The predicted molar refractivity (Wildman–Crippen MR) is 111 cm³/mol. The topological polar surface area (TPSA) is 93.2 Å². The Morgan fingerprint density at radius 2 is 1.52 bits per heavy atom. The molecule has 0 amide bonds.